The van der Waals surface area contributed by atoms with Gasteiger partial charge in [0, 0.05) is 18.8 Å². The van der Waals surface area contributed by atoms with Crippen molar-refractivity contribution in [3.63, 3.8) is 0 Å². The van der Waals surface area contributed by atoms with Crippen molar-refractivity contribution in [2.45, 2.75) is 19.8 Å². The Morgan fingerprint density at radius 3 is 2.96 bits per heavy atom. The molecule has 0 spiro atoms. The van der Waals surface area contributed by atoms with Gasteiger partial charge in [0.1, 0.15) is 0 Å². The van der Waals surface area contributed by atoms with Gasteiger partial charge in [-0.1, -0.05) is 0 Å². The number of nitrogens with zero attached hydrogens (tertiary/aromatic N) is 2. The minimum atomic E-state index is -0.159. The SMILES string of the molecule is Cc1nc2ccc(NC(=O)NCC3CCN(CCO)CC3)cc2s1. The van der Waals surface area contributed by atoms with Crippen LogP contribution in [-0.4, -0.2) is 53.8 Å². The highest BCUT2D eigenvalue weighted by molar-refractivity contribution is 7.18. The number of hydrogen-bond acceptors (Lipinski definition) is 5. The number of rotatable bonds is 5. The Balaban J connectivity index is 1.45. The number of amides is 2. The predicted molar refractivity (Wildman–Crippen MR) is 97.6 cm³/mol. The minimum absolute atomic E-state index is 0.159. The topological polar surface area (TPSA) is 77.5 Å². The first kappa shape index (κ1) is 17.1. The number of likely N-dealkylation sites (tertiary alicyclic amines) is 1. The van der Waals surface area contributed by atoms with Crippen molar-refractivity contribution in [2.24, 2.45) is 5.92 Å². The lowest BCUT2D eigenvalue weighted by Crippen LogP contribution is -2.40. The first-order valence-corrected chi connectivity index (χ1v) is 9.21. The van der Waals surface area contributed by atoms with Crippen LogP contribution in [0.5, 0.6) is 0 Å². The molecule has 0 saturated carbocycles. The van der Waals surface area contributed by atoms with Gasteiger partial charge < -0.3 is 20.6 Å². The van der Waals surface area contributed by atoms with E-state index in [4.69, 9.17) is 5.11 Å². The van der Waals surface area contributed by atoms with Gasteiger partial charge in [0.15, 0.2) is 0 Å². The van der Waals surface area contributed by atoms with Crippen LogP contribution >= 0.6 is 11.3 Å². The van der Waals surface area contributed by atoms with E-state index < -0.39 is 0 Å². The molecule has 0 unspecified atom stereocenters. The maximum Gasteiger partial charge on any atom is 0.319 e. The van der Waals surface area contributed by atoms with Gasteiger partial charge in [-0.05, 0) is 57.0 Å². The smallest absolute Gasteiger partial charge is 0.319 e. The molecule has 2 amide bonds. The highest BCUT2D eigenvalue weighted by atomic mass is 32.1. The number of aliphatic hydroxyl groups excluding tert-OH is 1. The van der Waals surface area contributed by atoms with E-state index in [1.165, 1.54) is 0 Å². The molecule has 2 heterocycles. The summed E-state index contributed by atoms with van der Waals surface area (Å²) in [6.07, 6.45) is 2.12. The number of urea groups is 1. The van der Waals surface area contributed by atoms with E-state index in [0.29, 0.717) is 12.5 Å². The molecule has 2 aromatic rings. The maximum atomic E-state index is 12.1. The molecule has 0 atom stereocenters. The van der Waals surface area contributed by atoms with Crippen LogP contribution in [0.3, 0.4) is 0 Å². The Morgan fingerprint density at radius 2 is 2.21 bits per heavy atom. The molecule has 1 aliphatic heterocycles. The summed E-state index contributed by atoms with van der Waals surface area (Å²) in [5.41, 5.74) is 1.76. The molecule has 0 aliphatic carbocycles. The largest absolute Gasteiger partial charge is 0.395 e. The molecular weight excluding hydrogens is 324 g/mol. The highest BCUT2D eigenvalue weighted by Crippen LogP contribution is 2.24. The first-order valence-electron chi connectivity index (χ1n) is 8.39. The number of carbonyl (C=O) groups excluding carboxylic acids is 1. The summed E-state index contributed by atoms with van der Waals surface area (Å²) in [7, 11) is 0. The van der Waals surface area contributed by atoms with E-state index in [-0.39, 0.29) is 12.6 Å². The van der Waals surface area contributed by atoms with Crippen molar-refractivity contribution >= 4 is 33.3 Å². The molecule has 3 rings (SSSR count). The fourth-order valence-corrected chi connectivity index (χ4v) is 3.95. The van der Waals surface area contributed by atoms with Crippen LogP contribution in [0.2, 0.25) is 0 Å². The Labute approximate surface area is 145 Å². The van der Waals surface area contributed by atoms with Crippen molar-refractivity contribution < 1.29 is 9.90 Å². The van der Waals surface area contributed by atoms with Crippen molar-refractivity contribution in [1.82, 2.24) is 15.2 Å². The van der Waals surface area contributed by atoms with E-state index in [0.717, 1.165) is 53.4 Å². The Bertz CT molecular complexity index is 695. The average Bonchev–Trinajstić information content (AvgIpc) is 2.94. The Hall–Kier alpha value is -1.70. The van der Waals surface area contributed by atoms with E-state index >= 15 is 0 Å². The van der Waals surface area contributed by atoms with Crippen LogP contribution in [0.25, 0.3) is 10.2 Å². The van der Waals surface area contributed by atoms with Crippen LogP contribution in [0.1, 0.15) is 17.8 Å². The average molecular weight is 348 g/mol. The second kappa shape index (κ2) is 7.92. The zero-order valence-electron chi connectivity index (χ0n) is 13.9. The van der Waals surface area contributed by atoms with Crippen LogP contribution < -0.4 is 10.6 Å². The van der Waals surface area contributed by atoms with Gasteiger partial charge in [-0.2, -0.15) is 0 Å². The van der Waals surface area contributed by atoms with Crippen molar-refractivity contribution in [3.05, 3.63) is 23.2 Å². The van der Waals surface area contributed by atoms with Gasteiger partial charge >= 0.3 is 6.03 Å². The third-order valence-corrected chi connectivity index (χ3v) is 5.36. The fourth-order valence-electron chi connectivity index (χ4n) is 3.09. The maximum absolute atomic E-state index is 12.1. The molecular formula is C17H24N4O2S. The zero-order valence-corrected chi connectivity index (χ0v) is 14.7. The normalized spacial score (nSPS) is 16.4. The highest BCUT2D eigenvalue weighted by Gasteiger charge is 2.19. The van der Waals surface area contributed by atoms with Gasteiger partial charge in [-0.25, -0.2) is 9.78 Å². The number of piperidine rings is 1. The number of aliphatic hydroxyl groups is 1. The Kier molecular flexibility index (Phi) is 5.65. The number of hydrogen-bond donors (Lipinski definition) is 3. The summed E-state index contributed by atoms with van der Waals surface area (Å²) < 4.78 is 1.08. The number of anilines is 1. The molecule has 1 saturated heterocycles. The molecule has 3 N–H and O–H groups in total. The number of aryl methyl sites for hydroxylation is 1. The Morgan fingerprint density at radius 1 is 1.42 bits per heavy atom. The van der Waals surface area contributed by atoms with E-state index in [9.17, 15) is 4.79 Å². The van der Waals surface area contributed by atoms with Gasteiger partial charge in [0.2, 0.25) is 0 Å². The number of carbonyl (C=O) groups is 1. The van der Waals surface area contributed by atoms with Gasteiger partial charge in [0.25, 0.3) is 0 Å². The summed E-state index contributed by atoms with van der Waals surface area (Å²) in [6.45, 7) is 5.64. The fraction of sp³-hybridized carbons (Fsp3) is 0.529. The number of fused-ring (bicyclic) bond motifs is 1. The quantitative estimate of drug-likeness (QED) is 0.775. The number of aromatic nitrogens is 1. The van der Waals surface area contributed by atoms with E-state index in [2.05, 4.69) is 20.5 Å². The van der Waals surface area contributed by atoms with Crippen LogP contribution in [0.4, 0.5) is 10.5 Å². The van der Waals surface area contributed by atoms with E-state index in [1.54, 1.807) is 11.3 Å². The standard InChI is InChI=1S/C17H24N4O2S/c1-12-19-15-3-2-14(10-16(15)24-12)20-17(23)18-11-13-4-6-21(7-5-13)8-9-22/h2-3,10,13,22H,4-9,11H2,1H3,(H2,18,20,23). The molecule has 1 aliphatic rings. The molecule has 6 nitrogen and oxygen atoms in total. The number of nitrogens with one attached hydrogen (secondary N) is 2. The van der Waals surface area contributed by atoms with Crippen molar-refractivity contribution in [3.8, 4) is 0 Å². The number of benzene rings is 1. The minimum Gasteiger partial charge on any atom is -0.395 e. The molecule has 24 heavy (non-hydrogen) atoms. The summed E-state index contributed by atoms with van der Waals surface area (Å²) in [5.74, 6) is 0.511. The molecule has 0 radical (unpaired) electrons. The summed E-state index contributed by atoms with van der Waals surface area (Å²) in [6, 6.07) is 5.63. The first-order chi connectivity index (χ1) is 11.6. The molecule has 0 bridgehead atoms. The second-order valence-electron chi connectivity index (χ2n) is 6.26. The summed E-state index contributed by atoms with van der Waals surface area (Å²) >= 11 is 1.63. The number of thiazole rings is 1. The lowest BCUT2D eigenvalue weighted by atomic mass is 9.97. The monoisotopic (exact) mass is 348 g/mol. The second-order valence-corrected chi connectivity index (χ2v) is 7.49. The van der Waals surface area contributed by atoms with Crippen molar-refractivity contribution in [1.29, 1.82) is 0 Å². The summed E-state index contributed by atoms with van der Waals surface area (Å²) in [4.78, 5) is 18.8. The van der Waals surface area contributed by atoms with Crippen LogP contribution in [0.15, 0.2) is 18.2 Å². The van der Waals surface area contributed by atoms with E-state index in [1.807, 2.05) is 25.1 Å². The molecule has 1 aromatic heterocycles. The molecule has 1 fully saturated rings. The van der Waals surface area contributed by atoms with Gasteiger partial charge in [-0.15, -0.1) is 11.3 Å². The van der Waals surface area contributed by atoms with Gasteiger partial charge in [-0.3, -0.25) is 0 Å². The third-order valence-electron chi connectivity index (χ3n) is 4.43. The van der Waals surface area contributed by atoms with Gasteiger partial charge in [0.05, 0.1) is 21.8 Å². The van der Waals surface area contributed by atoms with Crippen LogP contribution in [-0.2, 0) is 0 Å². The molecule has 1 aromatic carbocycles. The lowest BCUT2D eigenvalue weighted by molar-refractivity contribution is 0.147. The zero-order chi connectivity index (χ0) is 16.9. The predicted octanol–water partition coefficient (Wildman–Crippen LogP) is 2.43. The van der Waals surface area contributed by atoms with Crippen molar-refractivity contribution in [2.75, 3.05) is 38.1 Å². The lowest BCUT2D eigenvalue weighted by Gasteiger charge is -2.31. The summed E-state index contributed by atoms with van der Waals surface area (Å²) in [5, 5.41) is 15.9. The molecule has 7 heteroatoms. The molecule has 130 valence electrons. The number of β-amino-alcohol motifs (C(OH)–C–C–N with tert-alkyl or cyclic N) is 1. The van der Waals surface area contributed by atoms with Crippen LogP contribution in [0, 0.1) is 12.8 Å². The third kappa shape index (κ3) is 4.43.